The van der Waals surface area contributed by atoms with Gasteiger partial charge >= 0.3 is 6.09 Å². The number of carboxylic acid groups (broad SMARTS) is 1. The summed E-state index contributed by atoms with van der Waals surface area (Å²) in [6, 6.07) is 11.7. The van der Waals surface area contributed by atoms with Crippen molar-refractivity contribution in [3.63, 3.8) is 0 Å². The lowest BCUT2D eigenvalue weighted by Crippen LogP contribution is -2.42. The van der Waals surface area contributed by atoms with Crippen LogP contribution in [-0.2, 0) is 16.1 Å². The monoisotopic (exact) mass is 609 g/mol. The number of carbonyl (C=O) groups excluding carboxylic acids is 3. The highest BCUT2D eigenvalue weighted by Crippen LogP contribution is 2.28. The Morgan fingerprint density at radius 2 is 1.70 bits per heavy atom. The molecule has 0 spiro atoms. The van der Waals surface area contributed by atoms with Crippen molar-refractivity contribution >= 4 is 51.1 Å². The molecule has 0 saturated heterocycles. The molecule has 0 radical (unpaired) electrons. The number of thiophene rings is 1. The largest absolute Gasteiger partial charge is 0.465 e. The van der Waals surface area contributed by atoms with Gasteiger partial charge in [0.1, 0.15) is 12.2 Å². The number of anilines is 1. The van der Waals surface area contributed by atoms with Gasteiger partial charge in [0.15, 0.2) is 0 Å². The summed E-state index contributed by atoms with van der Waals surface area (Å²) in [5, 5.41) is 19.1. The molecule has 0 atom stereocenters. The van der Waals surface area contributed by atoms with Crippen LogP contribution in [0.5, 0.6) is 0 Å². The van der Waals surface area contributed by atoms with Crippen LogP contribution in [0.25, 0.3) is 10.2 Å². The van der Waals surface area contributed by atoms with Gasteiger partial charge in [-0.2, -0.15) is 0 Å². The molecular formula is C32H43N5O5S. The Bertz CT molecular complexity index is 1410. The van der Waals surface area contributed by atoms with E-state index in [1.54, 1.807) is 16.2 Å². The SMILES string of the molecule is CCN(C(=O)Cn1c(C(=O)N[C@H]2CC[C@H](C(=O)NCCCCCCNC(=O)O)CC2)cc2sccc21)c1cccc(C)c1. The Hall–Kier alpha value is -3.86. The molecule has 0 unspecified atom stereocenters. The molecule has 4 N–H and O–H groups in total. The third kappa shape index (κ3) is 8.82. The van der Waals surface area contributed by atoms with Crippen molar-refractivity contribution in [1.82, 2.24) is 20.5 Å². The molecule has 2 heterocycles. The van der Waals surface area contributed by atoms with Crippen LogP contribution in [0.3, 0.4) is 0 Å². The Kier molecular flexibility index (Phi) is 11.6. The molecular weight excluding hydrogens is 566 g/mol. The number of carbonyl (C=O) groups is 4. The maximum absolute atomic E-state index is 13.5. The molecule has 0 aliphatic heterocycles. The highest BCUT2D eigenvalue weighted by molar-refractivity contribution is 7.17. The topological polar surface area (TPSA) is 133 Å². The lowest BCUT2D eigenvalue weighted by molar-refractivity contribution is -0.126. The molecule has 43 heavy (non-hydrogen) atoms. The maximum Gasteiger partial charge on any atom is 0.404 e. The van der Waals surface area contributed by atoms with Gasteiger partial charge in [-0.3, -0.25) is 14.4 Å². The second-order valence-electron chi connectivity index (χ2n) is 11.2. The van der Waals surface area contributed by atoms with E-state index in [2.05, 4.69) is 16.0 Å². The van der Waals surface area contributed by atoms with Crippen LogP contribution in [0.4, 0.5) is 10.5 Å². The third-order valence-corrected chi connectivity index (χ3v) is 8.94. The van der Waals surface area contributed by atoms with E-state index in [0.717, 1.165) is 60.0 Å². The lowest BCUT2D eigenvalue weighted by Gasteiger charge is -2.28. The number of nitrogens with one attached hydrogen (secondary N) is 3. The predicted octanol–water partition coefficient (Wildman–Crippen LogP) is 5.30. The Balaban J connectivity index is 1.27. The molecule has 0 bridgehead atoms. The van der Waals surface area contributed by atoms with E-state index in [9.17, 15) is 19.2 Å². The molecule has 1 aliphatic rings. The van der Waals surface area contributed by atoms with Crippen LogP contribution < -0.4 is 20.9 Å². The van der Waals surface area contributed by atoms with Gasteiger partial charge in [-0.15, -0.1) is 11.3 Å². The van der Waals surface area contributed by atoms with Gasteiger partial charge in [0.2, 0.25) is 11.8 Å². The van der Waals surface area contributed by atoms with Crippen LogP contribution in [-0.4, -0.2) is 59.2 Å². The fraction of sp³-hybridized carbons (Fsp3) is 0.500. The standard InChI is InChI=1S/C32H43N5O5S/c1-3-36(25-10-8-9-22(2)19-25)29(38)21-37-26-15-18-43-28(26)20-27(37)31(40)35-24-13-11-23(12-14-24)30(39)33-16-6-4-5-7-17-34-32(41)42/h8-10,15,18-20,23-24,34H,3-7,11-14,16-17,21H2,1-2H3,(H,33,39)(H,35,40)(H,41,42)/t23-,24-. The van der Waals surface area contributed by atoms with E-state index in [1.165, 1.54) is 0 Å². The summed E-state index contributed by atoms with van der Waals surface area (Å²) in [5.74, 6) is -0.255. The number of fused-ring (bicyclic) bond motifs is 1. The van der Waals surface area contributed by atoms with Gasteiger partial charge in [0.25, 0.3) is 5.91 Å². The lowest BCUT2D eigenvalue weighted by atomic mass is 9.85. The van der Waals surface area contributed by atoms with Crippen LogP contribution >= 0.6 is 11.3 Å². The zero-order valence-electron chi connectivity index (χ0n) is 25.1. The summed E-state index contributed by atoms with van der Waals surface area (Å²) in [6.45, 7) is 5.62. The van der Waals surface area contributed by atoms with Crippen LogP contribution in [0, 0.1) is 12.8 Å². The second kappa shape index (κ2) is 15.6. The first kappa shape index (κ1) is 32.1. The summed E-state index contributed by atoms with van der Waals surface area (Å²) in [7, 11) is 0. The Morgan fingerprint density at radius 1 is 0.977 bits per heavy atom. The van der Waals surface area contributed by atoms with Gasteiger partial charge in [0.05, 0.1) is 10.2 Å². The fourth-order valence-electron chi connectivity index (χ4n) is 5.77. The first-order valence-electron chi connectivity index (χ1n) is 15.3. The summed E-state index contributed by atoms with van der Waals surface area (Å²) in [4.78, 5) is 51.8. The minimum absolute atomic E-state index is 0.0208. The maximum atomic E-state index is 13.5. The molecule has 4 amide bonds. The molecule has 1 aromatic carbocycles. The number of amides is 4. The van der Waals surface area contributed by atoms with Crippen molar-refractivity contribution in [3.05, 3.63) is 53.0 Å². The fourth-order valence-corrected chi connectivity index (χ4v) is 6.59. The van der Waals surface area contributed by atoms with Crippen molar-refractivity contribution in [2.75, 3.05) is 24.5 Å². The summed E-state index contributed by atoms with van der Waals surface area (Å²) in [5.41, 5.74) is 3.28. The summed E-state index contributed by atoms with van der Waals surface area (Å²) >= 11 is 1.55. The average molecular weight is 610 g/mol. The second-order valence-corrected chi connectivity index (χ2v) is 12.2. The number of likely N-dealkylation sites (N-methyl/N-ethyl adjacent to an activating group) is 1. The zero-order valence-corrected chi connectivity index (χ0v) is 25.9. The number of rotatable bonds is 14. The van der Waals surface area contributed by atoms with Crippen LogP contribution in [0.2, 0.25) is 0 Å². The van der Waals surface area contributed by atoms with Crippen LogP contribution in [0.1, 0.15) is 74.3 Å². The van der Waals surface area contributed by atoms with E-state index in [-0.39, 0.29) is 36.2 Å². The van der Waals surface area contributed by atoms with E-state index in [1.807, 2.05) is 60.2 Å². The van der Waals surface area contributed by atoms with Crippen molar-refractivity contribution < 1.29 is 24.3 Å². The van der Waals surface area contributed by atoms with E-state index in [4.69, 9.17) is 5.11 Å². The van der Waals surface area contributed by atoms with Gasteiger partial charge in [-0.25, -0.2) is 4.79 Å². The Labute approximate surface area is 256 Å². The zero-order chi connectivity index (χ0) is 30.8. The molecule has 4 rings (SSSR count). The molecule has 10 nitrogen and oxygen atoms in total. The summed E-state index contributed by atoms with van der Waals surface area (Å²) < 4.78 is 2.79. The highest BCUT2D eigenvalue weighted by atomic mass is 32.1. The number of benzene rings is 1. The smallest absolute Gasteiger partial charge is 0.404 e. The van der Waals surface area contributed by atoms with Crippen LogP contribution in [0.15, 0.2) is 41.8 Å². The molecule has 1 aliphatic carbocycles. The number of hydrogen-bond donors (Lipinski definition) is 4. The van der Waals surface area contributed by atoms with Gasteiger partial charge in [0, 0.05) is 37.3 Å². The third-order valence-electron chi connectivity index (χ3n) is 8.09. The quantitative estimate of drug-likeness (QED) is 0.184. The van der Waals surface area contributed by atoms with E-state index >= 15 is 0 Å². The highest BCUT2D eigenvalue weighted by Gasteiger charge is 2.28. The number of hydrogen-bond acceptors (Lipinski definition) is 5. The van der Waals surface area contributed by atoms with E-state index < -0.39 is 6.09 Å². The number of aromatic nitrogens is 1. The summed E-state index contributed by atoms with van der Waals surface area (Å²) in [6.07, 6.45) is 5.40. The normalized spacial score (nSPS) is 16.5. The number of unbranched alkanes of at least 4 members (excludes halogenated alkanes) is 3. The van der Waals surface area contributed by atoms with E-state index in [0.29, 0.717) is 38.2 Å². The average Bonchev–Trinajstić information content (AvgIpc) is 3.58. The van der Waals surface area contributed by atoms with Gasteiger partial charge in [-0.05, 0) is 87.6 Å². The molecule has 1 fully saturated rings. The molecule has 11 heteroatoms. The predicted molar refractivity (Wildman–Crippen MR) is 170 cm³/mol. The first-order valence-corrected chi connectivity index (χ1v) is 16.1. The van der Waals surface area contributed by atoms with Crippen molar-refractivity contribution in [2.24, 2.45) is 5.92 Å². The minimum atomic E-state index is -1.000. The minimum Gasteiger partial charge on any atom is -0.465 e. The molecule has 2 aromatic heterocycles. The number of aryl methyl sites for hydroxylation is 1. The molecule has 3 aromatic rings. The molecule has 1 saturated carbocycles. The number of nitrogens with zero attached hydrogens (tertiary/aromatic N) is 2. The Morgan fingerprint density at radius 3 is 2.37 bits per heavy atom. The first-order chi connectivity index (χ1) is 20.8. The van der Waals surface area contributed by atoms with Gasteiger partial charge in [-0.1, -0.05) is 25.0 Å². The molecule has 232 valence electrons. The van der Waals surface area contributed by atoms with Crippen molar-refractivity contribution in [1.29, 1.82) is 0 Å². The van der Waals surface area contributed by atoms with Crippen molar-refractivity contribution in [3.8, 4) is 0 Å². The van der Waals surface area contributed by atoms with Gasteiger partial charge < -0.3 is 30.5 Å². The van der Waals surface area contributed by atoms with Crippen molar-refractivity contribution in [2.45, 2.75) is 77.8 Å².